The predicted octanol–water partition coefficient (Wildman–Crippen LogP) is 2.08. The molecule has 0 aliphatic rings. The van der Waals surface area contributed by atoms with Crippen molar-refractivity contribution in [3.63, 3.8) is 0 Å². The third kappa shape index (κ3) is 3.18. The summed E-state index contributed by atoms with van der Waals surface area (Å²) in [5.41, 5.74) is 0.0373. The number of carbonyl (C=O) groups excluding carboxylic acids is 2. The highest BCUT2D eigenvalue weighted by Crippen LogP contribution is 2.18. The second-order valence-corrected chi connectivity index (χ2v) is 5.95. The Kier molecular flexibility index (Phi) is 4.68. The molecule has 0 aliphatic heterocycles. The van der Waals surface area contributed by atoms with Gasteiger partial charge in [0.2, 0.25) is 0 Å². The summed E-state index contributed by atoms with van der Waals surface area (Å²) in [5.74, 6) is -0.846. The van der Waals surface area contributed by atoms with Crippen LogP contribution in [-0.2, 0) is 9.53 Å². The van der Waals surface area contributed by atoms with Crippen LogP contribution in [0.2, 0.25) is 0 Å². The number of pyridine rings is 1. The van der Waals surface area contributed by atoms with E-state index in [9.17, 15) is 9.59 Å². The highest BCUT2D eigenvalue weighted by molar-refractivity contribution is 5.99. The van der Waals surface area contributed by atoms with E-state index in [0.717, 1.165) is 11.0 Å². The molecule has 2 aromatic heterocycles. The van der Waals surface area contributed by atoms with Crippen molar-refractivity contribution in [1.29, 1.82) is 0 Å². The van der Waals surface area contributed by atoms with Crippen LogP contribution in [0, 0.1) is 0 Å². The smallest absolute Gasteiger partial charge is 0.331 e. The lowest BCUT2D eigenvalue weighted by atomic mass is 9.98. The maximum Gasteiger partial charge on any atom is 0.331 e. The Morgan fingerprint density at radius 3 is 2.65 bits per heavy atom. The summed E-state index contributed by atoms with van der Waals surface area (Å²) in [4.78, 5) is 28.6. The van der Waals surface area contributed by atoms with Crippen LogP contribution in [0.3, 0.4) is 0 Å². The van der Waals surface area contributed by atoms with Crippen LogP contribution in [0.15, 0.2) is 18.5 Å². The molecule has 1 N–H and O–H groups in total. The van der Waals surface area contributed by atoms with Crippen LogP contribution in [-0.4, -0.2) is 39.3 Å². The SMILES string of the molecule is CC[C@](C)(NC(=O)c1cnc2c(cnn2C(C)C)c1)C(=O)OC. The van der Waals surface area contributed by atoms with E-state index in [4.69, 9.17) is 4.74 Å². The van der Waals surface area contributed by atoms with Crippen molar-refractivity contribution in [2.45, 2.75) is 45.7 Å². The average Bonchev–Trinajstić information content (AvgIpc) is 2.96. The summed E-state index contributed by atoms with van der Waals surface area (Å²) in [6.07, 6.45) is 3.59. The van der Waals surface area contributed by atoms with Gasteiger partial charge in [-0.05, 0) is 33.3 Å². The third-order valence-electron chi connectivity index (χ3n) is 3.92. The van der Waals surface area contributed by atoms with Gasteiger partial charge in [-0.3, -0.25) is 4.79 Å². The fraction of sp³-hybridized carbons (Fsp3) is 0.500. The van der Waals surface area contributed by atoms with Crippen LogP contribution >= 0.6 is 0 Å². The lowest BCUT2D eigenvalue weighted by Crippen LogP contribution is -2.52. The van der Waals surface area contributed by atoms with Gasteiger partial charge in [0.05, 0.1) is 18.9 Å². The van der Waals surface area contributed by atoms with Crippen LogP contribution < -0.4 is 5.32 Å². The van der Waals surface area contributed by atoms with Crippen LogP contribution in [0.5, 0.6) is 0 Å². The second-order valence-electron chi connectivity index (χ2n) is 5.95. The zero-order valence-electron chi connectivity index (χ0n) is 14.1. The molecule has 0 fully saturated rings. The number of hydrogen-bond donors (Lipinski definition) is 1. The fourth-order valence-electron chi connectivity index (χ4n) is 2.27. The summed E-state index contributed by atoms with van der Waals surface area (Å²) < 4.78 is 6.55. The molecule has 1 atom stereocenters. The Bertz CT molecular complexity index is 738. The lowest BCUT2D eigenvalue weighted by Gasteiger charge is -2.26. The van der Waals surface area contributed by atoms with E-state index >= 15 is 0 Å². The standard InChI is InChI=1S/C16H22N4O3/c1-6-16(4,15(22)23-5)19-14(21)12-7-11-9-18-20(10(2)3)13(11)17-8-12/h7-10H,6H2,1-5H3,(H,19,21)/t16-/m0/s1. The van der Waals surface area contributed by atoms with Gasteiger partial charge in [-0.15, -0.1) is 0 Å². The number of carbonyl (C=O) groups is 2. The number of amides is 1. The van der Waals surface area contributed by atoms with Gasteiger partial charge in [0.25, 0.3) is 5.91 Å². The minimum absolute atomic E-state index is 0.183. The van der Waals surface area contributed by atoms with Crippen molar-refractivity contribution in [2.75, 3.05) is 7.11 Å². The highest BCUT2D eigenvalue weighted by atomic mass is 16.5. The first-order chi connectivity index (χ1) is 10.8. The molecular weight excluding hydrogens is 296 g/mol. The van der Waals surface area contributed by atoms with E-state index in [1.165, 1.54) is 13.3 Å². The van der Waals surface area contributed by atoms with E-state index in [1.54, 1.807) is 23.9 Å². The molecule has 0 aromatic carbocycles. The van der Waals surface area contributed by atoms with Gasteiger partial charge in [0.15, 0.2) is 5.65 Å². The number of hydrogen-bond acceptors (Lipinski definition) is 5. The molecule has 0 radical (unpaired) electrons. The maximum absolute atomic E-state index is 12.4. The quantitative estimate of drug-likeness (QED) is 0.853. The first-order valence-corrected chi connectivity index (χ1v) is 7.56. The van der Waals surface area contributed by atoms with Crippen molar-refractivity contribution < 1.29 is 14.3 Å². The summed E-state index contributed by atoms with van der Waals surface area (Å²) >= 11 is 0. The Morgan fingerprint density at radius 1 is 1.39 bits per heavy atom. The molecule has 124 valence electrons. The number of fused-ring (bicyclic) bond motifs is 1. The van der Waals surface area contributed by atoms with Gasteiger partial charge < -0.3 is 10.1 Å². The van der Waals surface area contributed by atoms with Gasteiger partial charge in [-0.1, -0.05) is 6.92 Å². The number of rotatable bonds is 5. The molecule has 0 spiro atoms. The van der Waals surface area contributed by atoms with E-state index in [0.29, 0.717) is 12.0 Å². The molecule has 2 rings (SSSR count). The summed E-state index contributed by atoms with van der Waals surface area (Å²) in [7, 11) is 1.30. The third-order valence-corrected chi connectivity index (χ3v) is 3.92. The number of methoxy groups -OCH3 is 1. The van der Waals surface area contributed by atoms with Crippen LogP contribution in [0.25, 0.3) is 11.0 Å². The number of esters is 1. The zero-order chi connectivity index (χ0) is 17.2. The van der Waals surface area contributed by atoms with Crippen LogP contribution in [0.4, 0.5) is 0 Å². The van der Waals surface area contributed by atoms with Gasteiger partial charge in [0, 0.05) is 17.6 Å². The van der Waals surface area contributed by atoms with Gasteiger partial charge in [-0.25, -0.2) is 14.5 Å². The second kappa shape index (κ2) is 6.36. The minimum atomic E-state index is -1.07. The number of ether oxygens (including phenoxy) is 1. The monoisotopic (exact) mass is 318 g/mol. The number of nitrogens with one attached hydrogen (secondary N) is 1. The topological polar surface area (TPSA) is 86.1 Å². The van der Waals surface area contributed by atoms with Crippen molar-refractivity contribution >= 4 is 22.9 Å². The van der Waals surface area contributed by atoms with Gasteiger partial charge in [0.1, 0.15) is 5.54 Å². The Morgan fingerprint density at radius 2 is 2.09 bits per heavy atom. The van der Waals surface area contributed by atoms with E-state index < -0.39 is 11.5 Å². The maximum atomic E-state index is 12.4. The normalized spacial score (nSPS) is 13.8. The van der Waals surface area contributed by atoms with E-state index in [2.05, 4.69) is 15.4 Å². The Balaban J connectivity index is 2.29. The first kappa shape index (κ1) is 16.9. The Hall–Kier alpha value is -2.44. The predicted molar refractivity (Wildman–Crippen MR) is 86.1 cm³/mol. The summed E-state index contributed by atoms with van der Waals surface area (Å²) in [5, 5.41) is 7.78. The number of aromatic nitrogens is 3. The Labute approximate surface area is 135 Å². The van der Waals surface area contributed by atoms with Gasteiger partial charge in [-0.2, -0.15) is 5.10 Å². The molecule has 0 aliphatic carbocycles. The zero-order valence-corrected chi connectivity index (χ0v) is 14.1. The number of nitrogens with zero attached hydrogens (tertiary/aromatic N) is 3. The van der Waals surface area contributed by atoms with Crippen molar-refractivity contribution in [3.05, 3.63) is 24.0 Å². The molecule has 2 aromatic rings. The molecule has 1 amide bonds. The molecule has 0 bridgehead atoms. The fourth-order valence-corrected chi connectivity index (χ4v) is 2.27. The van der Waals surface area contributed by atoms with E-state index in [-0.39, 0.29) is 11.9 Å². The van der Waals surface area contributed by atoms with Gasteiger partial charge >= 0.3 is 5.97 Å². The van der Waals surface area contributed by atoms with Crippen molar-refractivity contribution in [1.82, 2.24) is 20.1 Å². The molecule has 2 heterocycles. The highest BCUT2D eigenvalue weighted by Gasteiger charge is 2.34. The molecule has 7 nitrogen and oxygen atoms in total. The summed E-state index contributed by atoms with van der Waals surface area (Å²) in [6, 6.07) is 1.90. The van der Waals surface area contributed by atoms with Crippen molar-refractivity contribution in [3.8, 4) is 0 Å². The molecule has 0 unspecified atom stereocenters. The molecule has 23 heavy (non-hydrogen) atoms. The van der Waals surface area contributed by atoms with E-state index in [1.807, 2.05) is 20.8 Å². The van der Waals surface area contributed by atoms with Crippen LogP contribution in [0.1, 0.15) is 50.5 Å². The molecular formula is C16H22N4O3. The average molecular weight is 318 g/mol. The molecule has 0 saturated carbocycles. The first-order valence-electron chi connectivity index (χ1n) is 7.56. The molecule has 7 heteroatoms. The lowest BCUT2D eigenvalue weighted by molar-refractivity contribution is -0.147. The largest absolute Gasteiger partial charge is 0.467 e. The molecule has 0 saturated heterocycles. The minimum Gasteiger partial charge on any atom is -0.467 e. The summed E-state index contributed by atoms with van der Waals surface area (Å²) in [6.45, 7) is 7.47. The van der Waals surface area contributed by atoms with Crippen molar-refractivity contribution in [2.24, 2.45) is 0 Å².